The number of hydrogen-bond acceptors (Lipinski definition) is 2. The molecule has 1 aromatic heterocycles. The summed E-state index contributed by atoms with van der Waals surface area (Å²) >= 11 is 0. The fourth-order valence-corrected chi connectivity index (χ4v) is 0.586. The van der Waals surface area contributed by atoms with Gasteiger partial charge in [-0.2, -0.15) is 0 Å². The van der Waals surface area contributed by atoms with E-state index in [1.54, 1.807) is 12.4 Å². The quantitative estimate of drug-likeness (QED) is 0.550. The van der Waals surface area contributed by atoms with Gasteiger partial charge >= 0.3 is 0 Å². The summed E-state index contributed by atoms with van der Waals surface area (Å²) in [5.74, 6) is 0. The van der Waals surface area contributed by atoms with Gasteiger partial charge in [0.2, 0.25) is 0 Å². The molecule has 0 aromatic carbocycles. The van der Waals surface area contributed by atoms with Crippen LogP contribution in [0.1, 0.15) is 0 Å². The third-order valence-electron chi connectivity index (χ3n) is 1.09. The van der Waals surface area contributed by atoms with Crippen molar-refractivity contribution in [3.8, 4) is 0 Å². The summed E-state index contributed by atoms with van der Waals surface area (Å²) in [6, 6.07) is 4.90. The van der Waals surface area contributed by atoms with E-state index in [4.69, 9.17) is 0 Å². The lowest BCUT2D eigenvalue weighted by atomic mass is 10.4. The van der Waals surface area contributed by atoms with Crippen LogP contribution in [0.3, 0.4) is 0 Å². The van der Waals surface area contributed by atoms with Gasteiger partial charge in [-0.05, 0) is 6.07 Å². The zero-order valence-electron chi connectivity index (χ0n) is 5.63. The molecule has 0 saturated carbocycles. The van der Waals surface area contributed by atoms with Crippen LogP contribution in [0.2, 0.25) is 0 Å². The second-order valence-electron chi connectivity index (χ2n) is 2.02. The second kappa shape index (κ2) is 2.49. The predicted molar refractivity (Wildman–Crippen MR) is 37.4 cm³/mol. The van der Waals surface area contributed by atoms with Crippen molar-refractivity contribution in [3.63, 3.8) is 0 Å². The van der Waals surface area contributed by atoms with Crippen LogP contribution in [0.4, 0.5) is 5.69 Å². The van der Waals surface area contributed by atoms with Gasteiger partial charge in [-0.25, -0.2) is 0 Å². The molecule has 2 nitrogen and oxygen atoms in total. The van der Waals surface area contributed by atoms with E-state index in [0.717, 1.165) is 5.69 Å². The van der Waals surface area contributed by atoms with Crippen molar-refractivity contribution in [3.05, 3.63) is 24.5 Å². The lowest BCUT2D eigenvalue weighted by molar-refractivity contribution is 1.12. The molecule has 1 heterocycles. The summed E-state index contributed by atoms with van der Waals surface area (Å²) in [7, 11) is 3.96. The normalized spacial score (nSPS) is 9.11. The summed E-state index contributed by atoms with van der Waals surface area (Å²) in [6.45, 7) is 0. The molecule has 0 unspecified atom stereocenters. The molecule has 0 fully saturated rings. The highest BCUT2D eigenvalue weighted by molar-refractivity contribution is 5.40. The van der Waals surface area contributed by atoms with Crippen LogP contribution in [0.25, 0.3) is 0 Å². The number of rotatable bonds is 1. The first kappa shape index (κ1) is 6.08. The van der Waals surface area contributed by atoms with Gasteiger partial charge in [-0.3, -0.25) is 4.98 Å². The smallest absolute Gasteiger partial charge is 0.0473 e. The van der Waals surface area contributed by atoms with Crippen molar-refractivity contribution < 1.29 is 0 Å². The molecule has 0 aliphatic rings. The Kier molecular flexibility index (Phi) is 1.68. The van der Waals surface area contributed by atoms with Gasteiger partial charge in [-0.15, -0.1) is 0 Å². The molecule has 1 radical (unpaired) electrons. The van der Waals surface area contributed by atoms with Crippen molar-refractivity contribution >= 4 is 5.69 Å². The zero-order chi connectivity index (χ0) is 6.69. The molecule has 1 rings (SSSR count). The number of anilines is 1. The van der Waals surface area contributed by atoms with E-state index in [0.29, 0.717) is 0 Å². The maximum Gasteiger partial charge on any atom is 0.0473 e. The van der Waals surface area contributed by atoms with Gasteiger partial charge in [-0.1, -0.05) is 0 Å². The maximum atomic E-state index is 3.85. The Morgan fingerprint density at radius 2 is 2.33 bits per heavy atom. The van der Waals surface area contributed by atoms with E-state index in [2.05, 4.69) is 11.1 Å². The maximum absolute atomic E-state index is 3.85. The summed E-state index contributed by atoms with van der Waals surface area (Å²) in [4.78, 5) is 5.83. The topological polar surface area (TPSA) is 16.1 Å². The monoisotopic (exact) mass is 121 g/mol. The van der Waals surface area contributed by atoms with Gasteiger partial charge in [0.25, 0.3) is 0 Å². The molecule has 9 heavy (non-hydrogen) atoms. The molecule has 1 aromatic rings. The van der Waals surface area contributed by atoms with Crippen LogP contribution in [0.15, 0.2) is 18.5 Å². The zero-order valence-corrected chi connectivity index (χ0v) is 5.63. The van der Waals surface area contributed by atoms with Crippen LogP contribution in [0, 0.1) is 6.07 Å². The van der Waals surface area contributed by atoms with E-state index in [9.17, 15) is 0 Å². The summed E-state index contributed by atoms with van der Waals surface area (Å²) in [5.41, 5.74) is 1.06. The van der Waals surface area contributed by atoms with Crippen LogP contribution in [-0.4, -0.2) is 19.1 Å². The summed E-state index contributed by atoms with van der Waals surface area (Å²) < 4.78 is 0. The summed E-state index contributed by atoms with van der Waals surface area (Å²) in [6.07, 6.45) is 3.42. The second-order valence-corrected chi connectivity index (χ2v) is 2.02. The minimum atomic E-state index is 1.06. The van der Waals surface area contributed by atoms with E-state index in [-0.39, 0.29) is 0 Å². The molecule has 0 spiro atoms. The number of nitrogens with zero attached hydrogens (tertiary/aromatic N) is 2. The molecule has 0 aliphatic carbocycles. The van der Waals surface area contributed by atoms with Crippen molar-refractivity contribution in [1.82, 2.24) is 4.98 Å². The lowest BCUT2D eigenvalue weighted by Crippen LogP contribution is -2.08. The van der Waals surface area contributed by atoms with Crippen molar-refractivity contribution in [2.45, 2.75) is 0 Å². The van der Waals surface area contributed by atoms with Gasteiger partial charge < -0.3 is 4.90 Å². The lowest BCUT2D eigenvalue weighted by Gasteiger charge is -2.09. The van der Waals surface area contributed by atoms with Gasteiger partial charge in [0.05, 0.1) is 0 Å². The average Bonchev–Trinajstić information content (AvgIpc) is 1.90. The minimum absolute atomic E-state index is 1.06. The number of hydrogen-bond donors (Lipinski definition) is 0. The standard InChI is InChI=1S/C7H9N2/c1-9(2)7-3-5-8-6-4-7/h3,5-6H,1-2H3. The van der Waals surface area contributed by atoms with Crippen LogP contribution in [0.5, 0.6) is 0 Å². The number of aromatic nitrogens is 1. The van der Waals surface area contributed by atoms with Gasteiger partial charge in [0.1, 0.15) is 0 Å². The van der Waals surface area contributed by atoms with Crippen molar-refractivity contribution in [2.75, 3.05) is 19.0 Å². The molecule has 2 heteroatoms. The first-order valence-corrected chi connectivity index (χ1v) is 2.80. The van der Waals surface area contributed by atoms with Crippen LogP contribution in [-0.2, 0) is 0 Å². The highest BCUT2D eigenvalue weighted by Crippen LogP contribution is 2.04. The highest BCUT2D eigenvalue weighted by atomic mass is 15.1. The first-order chi connectivity index (χ1) is 4.30. The fraction of sp³-hybridized carbons (Fsp3) is 0.286. The Labute approximate surface area is 55.1 Å². The molecular formula is C7H9N2. The molecule has 0 N–H and O–H groups in total. The van der Waals surface area contributed by atoms with Crippen LogP contribution < -0.4 is 4.90 Å². The number of pyridine rings is 1. The largest absolute Gasteiger partial charge is 0.377 e. The third kappa shape index (κ3) is 1.42. The molecule has 0 saturated heterocycles. The highest BCUT2D eigenvalue weighted by Gasteiger charge is 1.89. The van der Waals surface area contributed by atoms with Crippen LogP contribution >= 0.6 is 0 Å². The molecule has 0 aliphatic heterocycles. The Morgan fingerprint density at radius 3 is 2.67 bits per heavy atom. The molecule has 0 amide bonds. The van der Waals surface area contributed by atoms with Crippen molar-refractivity contribution in [2.24, 2.45) is 0 Å². The van der Waals surface area contributed by atoms with E-state index in [1.807, 2.05) is 25.1 Å². The minimum Gasteiger partial charge on any atom is -0.377 e. The van der Waals surface area contributed by atoms with Gasteiger partial charge in [0.15, 0.2) is 0 Å². The Bertz CT molecular complexity index is 170. The molecule has 0 atom stereocenters. The van der Waals surface area contributed by atoms with Gasteiger partial charge in [0, 0.05) is 38.2 Å². The molecular weight excluding hydrogens is 112 g/mol. The SMILES string of the molecule is CN(C)c1[c]cncc1. The third-order valence-corrected chi connectivity index (χ3v) is 1.09. The Hall–Kier alpha value is -1.05. The van der Waals surface area contributed by atoms with E-state index in [1.165, 1.54) is 0 Å². The molecule has 0 bridgehead atoms. The molecule has 47 valence electrons. The van der Waals surface area contributed by atoms with E-state index >= 15 is 0 Å². The average molecular weight is 121 g/mol. The predicted octanol–water partition coefficient (Wildman–Crippen LogP) is 0.948. The fourth-order valence-electron chi connectivity index (χ4n) is 0.586. The Balaban J connectivity index is 2.85. The van der Waals surface area contributed by atoms with Crippen molar-refractivity contribution in [1.29, 1.82) is 0 Å². The first-order valence-electron chi connectivity index (χ1n) is 2.80. The summed E-state index contributed by atoms with van der Waals surface area (Å²) in [5, 5.41) is 0. The van der Waals surface area contributed by atoms with E-state index < -0.39 is 0 Å². The Morgan fingerprint density at radius 1 is 1.56 bits per heavy atom.